The van der Waals surface area contributed by atoms with Gasteiger partial charge in [-0.2, -0.15) is 0 Å². The van der Waals surface area contributed by atoms with Crippen LogP contribution in [0, 0.1) is 5.82 Å². The second kappa shape index (κ2) is 6.70. The number of fused-ring (bicyclic) bond motifs is 1. The minimum atomic E-state index is -0.908. The summed E-state index contributed by atoms with van der Waals surface area (Å²) >= 11 is 0. The normalized spacial score (nSPS) is 16.1. The number of halogens is 1. The first-order valence-electron chi connectivity index (χ1n) is 7.47. The smallest absolute Gasteiger partial charge is 0.348 e. The van der Waals surface area contributed by atoms with Gasteiger partial charge < -0.3 is 14.4 Å². The number of carbonyl (C=O) groups excluding carboxylic acids is 2. The first-order chi connectivity index (χ1) is 11.6. The highest BCUT2D eigenvalue weighted by molar-refractivity contribution is 5.97. The molecular formula is C18H16FNO4. The summed E-state index contributed by atoms with van der Waals surface area (Å²) in [4.78, 5) is 25.9. The number of carbonyl (C=O) groups is 2. The summed E-state index contributed by atoms with van der Waals surface area (Å²) in [5.74, 6) is -0.893. The summed E-state index contributed by atoms with van der Waals surface area (Å²) in [6, 6.07) is 13.0. The van der Waals surface area contributed by atoms with Crippen LogP contribution in [0.4, 0.5) is 10.1 Å². The van der Waals surface area contributed by atoms with Gasteiger partial charge in [-0.15, -0.1) is 0 Å². The third kappa shape index (κ3) is 3.08. The predicted octanol–water partition coefficient (Wildman–Crippen LogP) is 2.34. The van der Waals surface area contributed by atoms with E-state index in [0.29, 0.717) is 17.0 Å². The Morgan fingerprint density at radius 2 is 1.92 bits per heavy atom. The van der Waals surface area contributed by atoms with Crippen molar-refractivity contribution in [3.63, 3.8) is 0 Å². The van der Waals surface area contributed by atoms with Crippen molar-refractivity contribution in [2.45, 2.75) is 12.5 Å². The number of para-hydroxylation sites is 2. The van der Waals surface area contributed by atoms with E-state index in [1.54, 1.807) is 42.5 Å². The molecule has 2 aromatic rings. The van der Waals surface area contributed by atoms with Crippen molar-refractivity contribution in [2.24, 2.45) is 0 Å². The second-order valence-corrected chi connectivity index (χ2v) is 5.37. The van der Waals surface area contributed by atoms with Crippen molar-refractivity contribution >= 4 is 17.6 Å². The highest BCUT2D eigenvalue weighted by atomic mass is 19.1. The third-order valence-corrected chi connectivity index (χ3v) is 3.84. The summed E-state index contributed by atoms with van der Waals surface area (Å²) in [6.07, 6.45) is -1.01. The van der Waals surface area contributed by atoms with E-state index in [1.165, 1.54) is 18.1 Å². The number of methoxy groups -OCH3 is 1. The van der Waals surface area contributed by atoms with E-state index < -0.39 is 17.9 Å². The number of rotatable bonds is 3. The molecule has 0 saturated heterocycles. The van der Waals surface area contributed by atoms with Gasteiger partial charge in [0.15, 0.2) is 0 Å². The van der Waals surface area contributed by atoms with E-state index in [1.807, 2.05) is 0 Å². The SMILES string of the molecule is COC(=O)[C@@H]1CN(C(=O)Cc2ccccc2F)c2ccccc2O1. The Kier molecular flexibility index (Phi) is 4.46. The lowest BCUT2D eigenvalue weighted by Gasteiger charge is -2.33. The second-order valence-electron chi connectivity index (χ2n) is 5.37. The molecule has 0 radical (unpaired) electrons. The van der Waals surface area contributed by atoms with Crippen LogP contribution in [0.3, 0.4) is 0 Å². The van der Waals surface area contributed by atoms with E-state index in [9.17, 15) is 14.0 Å². The number of nitrogens with zero attached hydrogens (tertiary/aromatic N) is 1. The fourth-order valence-corrected chi connectivity index (χ4v) is 2.62. The first-order valence-corrected chi connectivity index (χ1v) is 7.47. The lowest BCUT2D eigenvalue weighted by atomic mass is 10.1. The van der Waals surface area contributed by atoms with Crippen LogP contribution < -0.4 is 9.64 Å². The van der Waals surface area contributed by atoms with Crippen LogP contribution in [0.25, 0.3) is 0 Å². The minimum absolute atomic E-state index is 0.0248. The molecule has 124 valence electrons. The minimum Gasteiger partial charge on any atom is -0.475 e. The summed E-state index contributed by atoms with van der Waals surface area (Å²) in [5.41, 5.74) is 0.861. The molecule has 0 aromatic heterocycles. The highest BCUT2D eigenvalue weighted by Gasteiger charge is 2.34. The van der Waals surface area contributed by atoms with Crippen LogP contribution in [-0.2, 0) is 20.7 Å². The lowest BCUT2D eigenvalue weighted by molar-refractivity contribution is -0.148. The molecule has 0 fully saturated rings. The van der Waals surface area contributed by atoms with Gasteiger partial charge in [-0.3, -0.25) is 4.79 Å². The lowest BCUT2D eigenvalue weighted by Crippen LogP contribution is -2.48. The van der Waals surface area contributed by atoms with Gasteiger partial charge in [-0.1, -0.05) is 30.3 Å². The Bertz CT molecular complexity index is 777. The highest BCUT2D eigenvalue weighted by Crippen LogP contribution is 2.33. The van der Waals surface area contributed by atoms with Gasteiger partial charge in [0, 0.05) is 0 Å². The number of hydrogen-bond donors (Lipinski definition) is 0. The summed E-state index contributed by atoms with van der Waals surface area (Å²) in [7, 11) is 1.26. The first kappa shape index (κ1) is 16.0. The maximum atomic E-state index is 13.8. The molecule has 5 nitrogen and oxygen atoms in total. The van der Waals surface area contributed by atoms with Crippen LogP contribution in [0.5, 0.6) is 5.75 Å². The van der Waals surface area contributed by atoms with Crippen molar-refractivity contribution in [1.29, 1.82) is 0 Å². The summed E-state index contributed by atoms with van der Waals surface area (Å²) in [5, 5.41) is 0. The van der Waals surface area contributed by atoms with Crippen molar-refractivity contribution < 1.29 is 23.5 Å². The zero-order chi connectivity index (χ0) is 17.1. The molecule has 24 heavy (non-hydrogen) atoms. The Labute approximate surface area is 138 Å². The molecule has 2 aromatic carbocycles. The molecule has 1 aliphatic heterocycles. The predicted molar refractivity (Wildman–Crippen MR) is 85.3 cm³/mol. The van der Waals surface area contributed by atoms with Crippen molar-refractivity contribution in [3.05, 3.63) is 59.9 Å². The Morgan fingerprint density at radius 1 is 1.21 bits per heavy atom. The van der Waals surface area contributed by atoms with E-state index in [2.05, 4.69) is 0 Å². The molecule has 3 rings (SSSR count). The number of benzene rings is 2. The Hall–Kier alpha value is -2.89. The summed E-state index contributed by atoms with van der Waals surface area (Å²) in [6.45, 7) is 0.0248. The zero-order valence-corrected chi connectivity index (χ0v) is 13.1. The molecule has 0 aliphatic carbocycles. The standard InChI is InChI=1S/C18H16FNO4/c1-23-18(22)16-11-20(14-8-4-5-9-15(14)24-16)17(21)10-12-6-2-3-7-13(12)19/h2-9,16H,10-11H2,1H3/t16-/m0/s1. The number of hydrogen-bond acceptors (Lipinski definition) is 4. The number of ether oxygens (including phenoxy) is 2. The molecular weight excluding hydrogens is 313 g/mol. The van der Waals surface area contributed by atoms with Crippen molar-refractivity contribution in [1.82, 2.24) is 0 Å². The molecule has 0 N–H and O–H groups in total. The molecule has 1 heterocycles. The Balaban J connectivity index is 1.89. The van der Waals surface area contributed by atoms with Gasteiger partial charge in [0.05, 0.1) is 25.8 Å². The molecule has 0 saturated carbocycles. The quantitative estimate of drug-likeness (QED) is 0.811. The van der Waals surface area contributed by atoms with Gasteiger partial charge in [-0.25, -0.2) is 9.18 Å². The van der Waals surface area contributed by atoms with Crippen LogP contribution in [-0.4, -0.2) is 31.6 Å². The fraction of sp³-hybridized carbons (Fsp3) is 0.222. The van der Waals surface area contributed by atoms with Gasteiger partial charge in [-0.05, 0) is 23.8 Å². The summed E-state index contributed by atoms with van der Waals surface area (Å²) < 4.78 is 24.1. The molecule has 1 aliphatic rings. The van der Waals surface area contributed by atoms with Crippen molar-refractivity contribution in [2.75, 3.05) is 18.6 Å². The molecule has 1 amide bonds. The van der Waals surface area contributed by atoms with Crippen LogP contribution in [0.1, 0.15) is 5.56 Å². The maximum absolute atomic E-state index is 13.8. The molecule has 0 bridgehead atoms. The fourth-order valence-electron chi connectivity index (χ4n) is 2.62. The number of esters is 1. The van der Waals surface area contributed by atoms with Crippen molar-refractivity contribution in [3.8, 4) is 5.75 Å². The van der Waals surface area contributed by atoms with E-state index in [0.717, 1.165) is 0 Å². The van der Waals surface area contributed by atoms with E-state index in [4.69, 9.17) is 9.47 Å². The molecule has 0 spiro atoms. The van der Waals surface area contributed by atoms with E-state index >= 15 is 0 Å². The van der Waals surface area contributed by atoms with E-state index in [-0.39, 0.29) is 18.9 Å². The Morgan fingerprint density at radius 3 is 2.67 bits per heavy atom. The van der Waals surface area contributed by atoms with Crippen LogP contribution >= 0.6 is 0 Å². The van der Waals surface area contributed by atoms with Gasteiger partial charge >= 0.3 is 5.97 Å². The average Bonchev–Trinajstić information content (AvgIpc) is 2.61. The number of anilines is 1. The average molecular weight is 329 g/mol. The maximum Gasteiger partial charge on any atom is 0.348 e. The third-order valence-electron chi connectivity index (χ3n) is 3.84. The molecule has 6 heteroatoms. The molecule has 0 unspecified atom stereocenters. The largest absolute Gasteiger partial charge is 0.475 e. The van der Waals surface area contributed by atoms with Crippen LogP contribution in [0.2, 0.25) is 0 Å². The monoisotopic (exact) mass is 329 g/mol. The number of amides is 1. The van der Waals surface area contributed by atoms with Gasteiger partial charge in [0.25, 0.3) is 0 Å². The van der Waals surface area contributed by atoms with Crippen LogP contribution in [0.15, 0.2) is 48.5 Å². The zero-order valence-electron chi connectivity index (χ0n) is 13.1. The molecule has 1 atom stereocenters. The van der Waals surface area contributed by atoms with Gasteiger partial charge in [0.1, 0.15) is 11.6 Å². The van der Waals surface area contributed by atoms with Gasteiger partial charge in [0.2, 0.25) is 12.0 Å². The topological polar surface area (TPSA) is 55.8 Å².